The van der Waals surface area contributed by atoms with Crippen molar-refractivity contribution in [1.29, 1.82) is 0 Å². The first kappa shape index (κ1) is 29.2. The molecule has 2 atom stereocenters. The summed E-state index contributed by atoms with van der Waals surface area (Å²) < 4.78 is 85.8. The first-order chi connectivity index (χ1) is 19.7. The van der Waals surface area contributed by atoms with E-state index >= 15 is 0 Å². The number of carbonyl (C=O) groups is 3. The van der Waals surface area contributed by atoms with Crippen molar-refractivity contribution in [2.24, 2.45) is 5.92 Å². The molecule has 222 valence electrons. The topological polar surface area (TPSA) is 74.1 Å². The second-order valence-corrected chi connectivity index (χ2v) is 10.4. The van der Waals surface area contributed by atoms with Gasteiger partial charge in [0.25, 0.3) is 11.8 Å². The number of urea groups is 1. The molecule has 2 aliphatic rings. The molecule has 2 aromatic carbocycles. The first-order valence-corrected chi connectivity index (χ1v) is 13.1. The first-order valence-electron chi connectivity index (χ1n) is 13.1. The second kappa shape index (κ2) is 10.2. The van der Waals surface area contributed by atoms with Crippen LogP contribution in [-0.2, 0) is 17.1 Å². The SMILES string of the molecule is CCC1CN(C(=O)c2cc(C(F)(F)F)cc(C(F)(F)F)c2)CCC12C(=O)N(c1ccoc1)C(=O)N2c1ccccc1C. The average molecular weight is 594 g/mol. The number of imide groups is 1. The van der Waals surface area contributed by atoms with Crippen LogP contribution in [0, 0.1) is 12.8 Å². The molecule has 7 nitrogen and oxygen atoms in total. The molecular weight excluding hydrogens is 568 g/mol. The number of para-hydroxylation sites is 1. The van der Waals surface area contributed by atoms with Crippen molar-refractivity contribution in [3.63, 3.8) is 0 Å². The molecule has 1 aromatic heterocycles. The van der Waals surface area contributed by atoms with Gasteiger partial charge in [0.15, 0.2) is 0 Å². The van der Waals surface area contributed by atoms with Gasteiger partial charge in [-0.1, -0.05) is 25.1 Å². The molecule has 2 aliphatic heterocycles. The second-order valence-electron chi connectivity index (χ2n) is 10.4. The van der Waals surface area contributed by atoms with E-state index in [9.17, 15) is 40.7 Å². The number of aryl methyl sites for hydroxylation is 1. The fraction of sp³-hybridized carbons (Fsp3) is 0.345. The summed E-state index contributed by atoms with van der Waals surface area (Å²) in [6.45, 7) is 3.12. The van der Waals surface area contributed by atoms with Gasteiger partial charge in [0.05, 0.1) is 23.1 Å². The zero-order valence-electron chi connectivity index (χ0n) is 22.4. The Balaban J connectivity index is 1.56. The minimum absolute atomic E-state index is 0.0375. The lowest BCUT2D eigenvalue weighted by atomic mass is 9.74. The highest BCUT2D eigenvalue weighted by Crippen LogP contribution is 2.47. The maximum atomic E-state index is 14.2. The lowest BCUT2D eigenvalue weighted by Gasteiger charge is -2.48. The standard InChI is InChI=1S/C29H25F6N3O4/c1-3-19-15-36(24(39)18-12-20(28(30,31)32)14-21(13-18)29(33,34)35)10-9-27(19)25(40)37(22-8-11-42-16-22)26(41)38(27)23-7-5-4-6-17(23)2/h4-8,11-14,16,19H,3,9-10,15H2,1-2H3. The van der Waals surface area contributed by atoms with E-state index in [1.54, 1.807) is 38.1 Å². The fourth-order valence-electron chi connectivity index (χ4n) is 5.90. The van der Waals surface area contributed by atoms with Crippen LogP contribution in [0.1, 0.15) is 46.8 Å². The van der Waals surface area contributed by atoms with Crippen molar-refractivity contribution in [3.8, 4) is 0 Å². The third-order valence-corrected chi connectivity index (χ3v) is 7.97. The average Bonchev–Trinajstić information content (AvgIpc) is 3.53. The molecule has 0 aliphatic carbocycles. The summed E-state index contributed by atoms with van der Waals surface area (Å²) in [5.41, 5.74) is -4.07. The Morgan fingerprint density at radius 3 is 2.19 bits per heavy atom. The van der Waals surface area contributed by atoms with Gasteiger partial charge < -0.3 is 9.32 Å². The van der Waals surface area contributed by atoms with Crippen molar-refractivity contribution >= 4 is 29.2 Å². The third kappa shape index (κ3) is 4.70. The highest BCUT2D eigenvalue weighted by Gasteiger charge is 2.63. The number of hydrogen-bond donors (Lipinski definition) is 0. The molecule has 2 saturated heterocycles. The number of halogens is 6. The van der Waals surface area contributed by atoms with Gasteiger partial charge in [-0.15, -0.1) is 0 Å². The lowest BCUT2D eigenvalue weighted by molar-refractivity contribution is -0.143. The van der Waals surface area contributed by atoms with Gasteiger partial charge in [0.1, 0.15) is 11.8 Å². The molecular formula is C29H25F6N3O4. The largest absolute Gasteiger partial charge is 0.470 e. The molecule has 5 rings (SSSR count). The molecule has 3 heterocycles. The van der Waals surface area contributed by atoms with E-state index in [0.29, 0.717) is 23.4 Å². The summed E-state index contributed by atoms with van der Waals surface area (Å²) in [6, 6.07) is 8.51. The molecule has 1 spiro atoms. The number of benzene rings is 2. The zero-order valence-corrected chi connectivity index (χ0v) is 22.4. The number of rotatable bonds is 4. The van der Waals surface area contributed by atoms with E-state index in [1.165, 1.54) is 23.5 Å². The highest BCUT2D eigenvalue weighted by molar-refractivity contribution is 6.30. The van der Waals surface area contributed by atoms with Crippen LogP contribution in [0.25, 0.3) is 0 Å². The van der Waals surface area contributed by atoms with Gasteiger partial charge in [-0.05, 0) is 49.6 Å². The number of alkyl halides is 6. The van der Waals surface area contributed by atoms with Crippen LogP contribution < -0.4 is 9.80 Å². The smallest absolute Gasteiger partial charge is 0.416 e. The number of furan rings is 1. The van der Waals surface area contributed by atoms with Crippen LogP contribution >= 0.6 is 0 Å². The van der Waals surface area contributed by atoms with Crippen LogP contribution in [-0.4, -0.2) is 41.4 Å². The van der Waals surface area contributed by atoms with E-state index in [-0.39, 0.29) is 37.7 Å². The van der Waals surface area contributed by atoms with Crippen LogP contribution in [0.2, 0.25) is 0 Å². The molecule has 0 saturated carbocycles. The van der Waals surface area contributed by atoms with Crippen LogP contribution in [0.15, 0.2) is 65.5 Å². The van der Waals surface area contributed by atoms with Crippen molar-refractivity contribution in [2.45, 2.75) is 44.6 Å². The summed E-state index contributed by atoms with van der Waals surface area (Å²) in [7, 11) is 0. The number of likely N-dealkylation sites (tertiary alicyclic amines) is 1. The van der Waals surface area contributed by atoms with Gasteiger partial charge in [0, 0.05) is 36.3 Å². The molecule has 13 heteroatoms. The van der Waals surface area contributed by atoms with Crippen LogP contribution in [0.5, 0.6) is 0 Å². The predicted octanol–water partition coefficient (Wildman–Crippen LogP) is 6.91. The molecule has 0 radical (unpaired) electrons. The highest BCUT2D eigenvalue weighted by atomic mass is 19.4. The Morgan fingerprint density at radius 1 is 1.00 bits per heavy atom. The summed E-state index contributed by atoms with van der Waals surface area (Å²) in [5.74, 6) is -2.31. The van der Waals surface area contributed by atoms with E-state index in [2.05, 4.69) is 0 Å². The zero-order chi connectivity index (χ0) is 30.6. The normalized spacial score (nSPS) is 21.5. The Kier molecular flexibility index (Phi) is 7.10. The monoisotopic (exact) mass is 593 g/mol. The summed E-state index contributed by atoms with van der Waals surface area (Å²) in [6.07, 6.45) is -7.51. The number of hydrogen-bond acceptors (Lipinski definition) is 4. The summed E-state index contributed by atoms with van der Waals surface area (Å²) in [5, 5.41) is 0. The Morgan fingerprint density at radius 2 is 1.64 bits per heavy atom. The van der Waals surface area contributed by atoms with Gasteiger partial charge >= 0.3 is 18.4 Å². The number of carbonyl (C=O) groups excluding carboxylic acids is 3. The molecule has 3 aromatic rings. The van der Waals surface area contributed by atoms with Crippen molar-refractivity contribution < 1.29 is 45.1 Å². The number of anilines is 2. The number of piperidine rings is 1. The Bertz CT molecular complexity index is 1500. The van der Waals surface area contributed by atoms with Crippen molar-refractivity contribution in [1.82, 2.24) is 4.90 Å². The molecule has 0 N–H and O–H groups in total. The van der Waals surface area contributed by atoms with Gasteiger partial charge in [-0.3, -0.25) is 14.5 Å². The van der Waals surface area contributed by atoms with E-state index in [4.69, 9.17) is 4.42 Å². The number of nitrogens with zero attached hydrogens (tertiary/aromatic N) is 3. The number of amides is 4. The van der Waals surface area contributed by atoms with E-state index in [0.717, 1.165) is 9.80 Å². The molecule has 42 heavy (non-hydrogen) atoms. The third-order valence-electron chi connectivity index (χ3n) is 7.97. The summed E-state index contributed by atoms with van der Waals surface area (Å²) in [4.78, 5) is 45.0. The Labute approximate surface area is 236 Å². The maximum Gasteiger partial charge on any atom is 0.416 e. The molecule has 2 unspecified atom stereocenters. The molecule has 0 bridgehead atoms. The van der Waals surface area contributed by atoms with E-state index < -0.39 is 58.3 Å². The Hall–Kier alpha value is -4.29. The predicted molar refractivity (Wildman–Crippen MR) is 139 cm³/mol. The minimum Gasteiger partial charge on any atom is -0.470 e. The quantitative estimate of drug-likeness (QED) is 0.244. The maximum absolute atomic E-state index is 14.2. The molecule has 2 fully saturated rings. The minimum atomic E-state index is -5.12. The fourth-order valence-corrected chi connectivity index (χ4v) is 5.90. The van der Waals surface area contributed by atoms with Gasteiger partial charge in [-0.25, -0.2) is 9.69 Å². The van der Waals surface area contributed by atoms with Crippen molar-refractivity contribution in [3.05, 3.63) is 83.3 Å². The lowest BCUT2D eigenvalue weighted by Crippen LogP contribution is -2.63. The summed E-state index contributed by atoms with van der Waals surface area (Å²) >= 11 is 0. The van der Waals surface area contributed by atoms with Crippen LogP contribution in [0.4, 0.5) is 42.5 Å². The van der Waals surface area contributed by atoms with Crippen LogP contribution in [0.3, 0.4) is 0 Å². The van der Waals surface area contributed by atoms with E-state index in [1.807, 2.05) is 0 Å². The van der Waals surface area contributed by atoms with Gasteiger partial charge in [-0.2, -0.15) is 26.3 Å². The molecule has 4 amide bonds. The van der Waals surface area contributed by atoms with Crippen molar-refractivity contribution in [2.75, 3.05) is 22.9 Å². The van der Waals surface area contributed by atoms with Gasteiger partial charge in [0.2, 0.25) is 0 Å².